The number of nitro groups is 1. The zero-order chi connectivity index (χ0) is 14.0. The second-order valence-electron chi connectivity index (χ2n) is 3.67. The van der Waals surface area contributed by atoms with Crippen LogP contribution in [0.25, 0.3) is 0 Å². The Morgan fingerprint density at radius 1 is 1.58 bits per heavy atom. The van der Waals surface area contributed by atoms with E-state index in [0.717, 1.165) is 4.47 Å². The van der Waals surface area contributed by atoms with Gasteiger partial charge in [-0.2, -0.15) is 0 Å². The van der Waals surface area contributed by atoms with E-state index in [9.17, 15) is 15.2 Å². The summed E-state index contributed by atoms with van der Waals surface area (Å²) in [7, 11) is 0. The quantitative estimate of drug-likeness (QED) is 0.658. The van der Waals surface area contributed by atoms with Crippen molar-refractivity contribution < 1.29 is 10.0 Å². The van der Waals surface area contributed by atoms with Gasteiger partial charge in [0.2, 0.25) is 0 Å². The van der Waals surface area contributed by atoms with Gasteiger partial charge in [-0.05, 0) is 35.0 Å². The predicted molar refractivity (Wildman–Crippen MR) is 77.7 cm³/mol. The van der Waals surface area contributed by atoms with Crippen molar-refractivity contribution in [3.05, 3.63) is 43.9 Å². The zero-order valence-electron chi connectivity index (χ0n) is 9.74. The van der Waals surface area contributed by atoms with Crippen LogP contribution in [0.4, 0.5) is 5.69 Å². The van der Waals surface area contributed by atoms with Gasteiger partial charge in [0.25, 0.3) is 5.69 Å². The molecule has 0 bridgehead atoms. The lowest BCUT2D eigenvalue weighted by molar-refractivity contribution is -0.387. The maximum atomic E-state index is 11.0. The second kappa shape index (κ2) is 6.00. The standard InChI is InChI=1S/C11H9BrN2O3S2/c1-6(15)9-4-8(14(16)17)11(18-9)19-10-3-2-7(12)5-13-10/h2-6,15H,1H3. The summed E-state index contributed by atoms with van der Waals surface area (Å²) in [6, 6.07) is 5.01. The number of aromatic nitrogens is 1. The van der Waals surface area contributed by atoms with Crippen LogP contribution in [0.1, 0.15) is 17.9 Å². The lowest BCUT2D eigenvalue weighted by Crippen LogP contribution is -1.87. The molecule has 5 nitrogen and oxygen atoms in total. The summed E-state index contributed by atoms with van der Waals surface area (Å²) in [5.74, 6) is 0. The molecule has 0 amide bonds. The van der Waals surface area contributed by atoms with Gasteiger partial charge in [0.15, 0.2) is 0 Å². The van der Waals surface area contributed by atoms with E-state index in [-0.39, 0.29) is 5.69 Å². The fourth-order valence-electron chi connectivity index (χ4n) is 1.31. The van der Waals surface area contributed by atoms with Crippen LogP contribution < -0.4 is 0 Å². The number of aliphatic hydroxyl groups is 1. The summed E-state index contributed by atoms with van der Waals surface area (Å²) < 4.78 is 1.37. The number of nitrogens with zero attached hydrogens (tertiary/aromatic N) is 2. The van der Waals surface area contributed by atoms with Crippen molar-refractivity contribution in [2.45, 2.75) is 22.3 Å². The molecule has 2 aromatic heterocycles. The molecule has 1 unspecified atom stereocenters. The zero-order valence-corrected chi connectivity index (χ0v) is 13.0. The van der Waals surface area contributed by atoms with Gasteiger partial charge in [-0.1, -0.05) is 11.8 Å². The number of aliphatic hydroxyl groups excluding tert-OH is 1. The molecule has 0 aromatic carbocycles. The van der Waals surface area contributed by atoms with E-state index in [2.05, 4.69) is 20.9 Å². The van der Waals surface area contributed by atoms with Gasteiger partial charge in [0.1, 0.15) is 9.24 Å². The third-order valence-corrected chi connectivity index (χ3v) is 5.11. The highest BCUT2D eigenvalue weighted by Gasteiger charge is 2.22. The SMILES string of the molecule is CC(O)c1cc([N+](=O)[O-])c(Sc2ccc(Br)cn2)s1. The lowest BCUT2D eigenvalue weighted by Gasteiger charge is -1.98. The summed E-state index contributed by atoms with van der Waals surface area (Å²) in [5, 5.41) is 21.2. The van der Waals surface area contributed by atoms with E-state index in [4.69, 9.17) is 0 Å². The minimum Gasteiger partial charge on any atom is -0.388 e. The highest BCUT2D eigenvalue weighted by Crippen LogP contribution is 2.42. The summed E-state index contributed by atoms with van der Waals surface area (Å²) in [4.78, 5) is 15.3. The molecular formula is C11H9BrN2O3S2. The fraction of sp³-hybridized carbons (Fsp3) is 0.182. The Morgan fingerprint density at radius 3 is 2.84 bits per heavy atom. The first-order valence-electron chi connectivity index (χ1n) is 5.23. The van der Waals surface area contributed by atoms with Crippen LogP contribution in [0.3, 0.4) is 0 Å². The number of thiophene rings is 1. The minimum atomic E-state index is -0.712. The number of rotatable bonds is 4. The fourth-order valence-corrected chi connectivity index (χ4v) is 3.72. The topological polar surface area (TPSA) is 76.3 Å². The third-order valence-electron chi connectivity index (χ3n) is 2.20. The molecule has 0 aliphatic carbocycles. The lowest BCUT2D eigenvalue weighted by atomic mass is 10.3. The van der Waals surface area contributed by atoms with Gasteiger partial charge < -0.3 is 5.11 Å². The molecule has 0 saturated carbocycles. The Labute approximate surface area is 126 Å². The molecule has 100 valence electrons. The molecule has 0 saturated heterocycles. The van der Waals surface area contributed by atoms with Gasteiger partial charge in [-0.15, -0.1) is 11.3 Å². The molecule has 0 aliphatic heterocycles. The number of halogens is 1. The summed E-state index contributed by atoms with van der Waals surface area (Å²) >= 11 is 5.72. The maximum Gasteiger partial charge on any atom is 0.294 e. The van der Waals surface area contributed by atoms with Crippen molar-refractivity contribution in [1.82, 2.24) is 4.98 Å². The van der Waals surface area contributed by atoms with Crippen molar-refractivity contribution in [3.63, 3.8) is 0 Å². The van der Waals surface area contributed by atoms with Crippen molar-refractivity contribution in [1.29, 1.82) is 0 Å². The summed E-state index contributed by atoms with van der Waals surface area (Å²) in [5.41, 5.74) is 0.00983. The first-order chi connectivity index (χ1) is 8.97. The third kappa shape index (κ3) is 3.53. The monoisotopic (exact) mass is 360 g/mol. The largest absolute Gasteiger partial charge is 0.388 e. The van der Waals surface area contributed by atoms with E-state index in [1.54, 1.807) is 19.2 Å². The van der Waals surface area contributed by atoms with Crippen LogP contribution in [0.2, 0.25) is 0 Å². The molecule has 1 atom stereocenters. The Kier molecular flexibility index (Phi) is 4.56. The number of hydrogen-bond acceptors (Lipinski definition) is 6. The van der Waals surface area contributed by atoms with Crippen molar-refractivity contribution in [3.8, 4) is 0 Å². The van der Waals surface area contributed by atoms with Gasteiger partial charge in [-0.3, -0.25) is 10.1 Å². The van der Waals surface area contributed by atoms with Crippen LogP contribution in [-0.4, -0.2) is 15.0 Å². The van der Waals surface area contributed by atoms with Crippen LogP contribution in [-0.2, 0) is 0 Å². The molecule has 0 aliphatic rings. The van der Waals surface area contributed by atoms with Crippen molar-refractivity contribution >= 4 is 44.7 Å². The summed E-state index contributed by atoms with van der Waals surface area (Å²) in [6.45, 7) is 1.59. The van der Waals surface area contributed by atoms with Crippen molar-refractivity contribution in [2.24, 2.45) is 0 Å². The van der Waals surface area contributed by atoms with Crippen molar-refractivity contribution in [2.75, 3.05) is 0 Å². The van der Waals surface area contributed by atoms with E-state index in [0.29, 0.717) is 14.1 Å². The van der Waals surface area contributed by atoms with Crippen LogP contribution in [0.5, 0.6) is 0 Å². The number of hydrogen-bond donors (Lipinski definition) is 1. The van der Waals surface area contributed by atoms with E-state index in [1.807, 2.05) is 6.07 Å². The molecular weight excluding hydrogens is 352 g/mol. The molecule has 2 rings (SSSR count). The highest BCUT2D eigenvalue weighted by atomic mass is 79.9. The molecule has 2 aromatic rings. The van der Waals surface area contributed by atoms with Gasteiger partial charge in [0, 0.05) is 21.6 Å². The Balaban J connectivity index is 2.33. The van der Waals surface area contributed by atoms with Gasteiger partial charge >= 0.3 is 0 Å². The Hall–Kier alpha value is -0.960. The molecule has 0 spiro atoms. The molecule has 2 heterocycles. The van der Waals surface area contributed by atoms with Crippen LogP contribution in [0, 0.1) is 10.1 Å². The Morgan fingerprint density at radius 2 is 2.32 bits per heavy atom. The molecule has 0 fully saturated rings. The highest BCUT2D eigenvalue weighted by molar-refractivity contribution is 9.10. The molecule has 8 heteroatoms. The minimum absolute atomic E-state index is 0.00983. The summed E-state index contributed by atoms with van der Waals surface area (Å²) in [6.07, 6.45) is 0.924. The average molecular weight is 361 g/mol. The van der Waals surface area contributed by atoms with E-state index in [1.165, 1.54) is 29.2 Å². The smallest absolute Gasteiger partial charge is 0.294 e. The molecule has 19 heavy (non-hydrogen) atoms. The molecule has 1 N–H and O–H groups in total. The maximum absolute atomic E-state index is 11.0. The second-order valence-corrected chi connectivity index (χ2v) is 6.96. The van der Waals surface area contributed by atoms with Gasteiger partial charge in [0.05, 0.1) is 11.0 Å². The van der Waals surface area contributed by atoms with E-state index >= 15 is 0 Å². The van der Waals surface area contributed by atoms with Gasteiger partial charge in [-0.25, -0.2) is 4.98 Å². The first kappa shape index (κ1) is 14.4. The molecule has 0 radical (unpaired) electrons. The van der Waals surface area contributed by atoms with Crippen LogP contribution in [0.15, 0.2) is 38.1 Å². The predicted octanol–water partition coefficient (Wildman–Crippen LogP) is 4.02. The number of pyridine rings is 1. The van der Waals surface area contributed by atoms with E-state index < -0.39 is 11.0 Å². The van der Waals surface area contributed by atoms with Crippen LogP contribution >= 0.6 is 39.0 Å². The first-order valence-corrected chi connectivity index (χ1v) is 7.65. The normalized spacial score (nSPS) is 12.4. The Bertz CT molecular complexity index is 598. The average Bonchev–Trinajstić information content (AvgIpc) is 2.76.